The summed E-state index contributed by atoms with van der Waals surface area (Å²) in [6.45, 7) is 6.62. The fourth-order valence-electron chi connectivity index (χ4n) is 2.63. The third kappa shape index (κ3) is 2.65. The summed E-state index contributed by atoms with van der Waals surface area (Å²) >= 11 is 0. The number of nitrogens with two attached hydrogens (primary N) is 1. The van der Waals surface area contributed by atoms with E-state index in [1.165, 1.54) is 54.4 Å². The Labute approximate surface area is 99.0 Å². The summed E-state index contributed by atoms with van der Waals surface area (Å²) in [5.41, 5.74) is 12.1. The Balaban J connectivity index is 1.98. The van der Waals surface area contributed by atoms with E-state index in [0.717, 1.165) is 0 Å². The van der Waals surface area contributed by atoms with Gasteiger partial charge in [-0.25, -0.2) is 0 Å². The van der Waals surface area contributed by atoms with E-state index in [1.54, 1.807) is 0 Å². The lowest BCUT2D eigenvalue weighted by atomic mass is 9.94. The summed E-state index contributed by atoms with van der Waals surface area (Å²) in [5, 5.41) is 0. The van der Waals surface area contributed by atoms with E-state index in [-0.39, 0.29) is 5.54 Å². The normalized spacial score (nSPS) is 17.5. The van der Waals surface area contributed by atoms with Crippen molar-refractivity contribution in [3.8, 4) is 0 Å². The lowest BCUT2D eigenvalue weighted by Gasteiger charge is -2.13. The third-order valence-corrected chi connectivity index (χ3v) is 3.83. The Morgan fingerprint density at radius 1 is 1.12 bits per heavy atom. The van der Waals surface area contributed by atoms with Gasteiger partial charge >= 0.3 is 0 Å². The van der Waals surface area contributed by atoms with E-state index in [4.69, 9.17) is 5.73 Å². The van der Waals surface area contributed by atoms with Gasteiger partial charge in [-0.15, -0.1) is 0 Å². The quantitative estimate of drug-likeness (QED) is 0.821. The highest BCUT2D eigenvalue weighted by Crippen LogP contribution is 2.37. The van der Waals surface area contributed by atoms with Crippen LogP contribution in [0.2, 0.25) is 0 Å². The minimum absolute atomic E-state index is 0.215. The highest BCUT2D eigenvalue weighted by molar-refractivity contribution is 5.37. The lowest BCUT2D eigenvalue weighted by molar-refractivity contribution is 0.574. The molecule has 1 aliphatic carbocycles. The summed E-state index contributed by atoms with van der Waals surface area (Å²) in [6.07, 6.45) is 6.09. The fraction of sp³-hybridized carbons (Fsp3) is 0.600. The fourth-order valence-corrected chi connectivity index (χ4v) is 2.63. The minimum Gasteiger partial charge on any atom is -0.325 e. The van der Waals surface area contributed by atoms with Crippen molar-refractivity contribution < 1.29 is 0 Å². The van der Waals surface area contributed by atoms with E-state index >= 15 is 0 Å². The summed E-state index contributed by atoms with van der Waals surface area (Å²) < 4.78 is 0. The molecule has 88 valence electrons. The topological polar surface area (TPSA) is 26.0 Å². The predicted octanol–water partition coefficient (Wildman–Crippen LogP) is 3.43. The molecule has 0 aromatic heterocycles. The van der Waals surface area contributed by atoms with Gasteiger partial charge < -0.3 is 5.73 Å². The van der Waals surface area contributed by atoms with Crippen LogP contribution in [0.15, 0.2) is 12.1 Å². The van der Waals surface area contributed by atoms with E-state index < -0.39 is 0 Å². The van der Waals surface area contributed by atoms with Gasteiger partial charge in [0, 0.05) is 5.54 Å². The minimum atomic E-state index is 0.215. The van der Waals surface area contributed by atoms with Crippen LogP contribution >= 0.6 is 0 Å². The first-order valence-corrected chi connectivity index (χ1v) is 6.36. The van der Waals surface area contributed by atoms with E-state index in [2.05, 4.69) is 32.9 Å². The van der Waals surface area contributed by atoms with Crippen LogP contribution in [0.3, 0.4) is 0 Å². The number of hydrogen-bond acceptors (Lipinski definition) is 1. The maximum atomic E-state index is 6.11. The Kier molecular flexibility index (Phi) is 3.07. The molecule has 16 heavy (non-hydrogen) atoms. The van der Waals surface area contributed by atoms with E-state index in [0.29, 0.717) is 0 Å². The predicted molar refractivity (Wildman–Crippen MR) is 69.7 cm³/mol. The summed E-state index contributed by atoms with van der Waals surface area (Å²) in [6, 6.07) is 4.58. The van der Waals surface area contributed by atoms with Crippen LogP contribution in [0.5, 0.6) is 0 Å². The SMILES string of the molecule is Cc1cc(C)c(CCCC2(N)CC2)c(C)c1. The average Bonchev–Trinajstić information content (AvgIpc) is 2.89. The van der Waals surface area contributed by atoms with E-state index in [9.17, 15) is 0 Å². The number of benzene rings is 1. The number of aryl methyl sites for hydroxylation is 3. The first-order chi connectivity index (χ1) is 7.50. The molecule has 0 amide bonds. The molecule has 1 aliphatic rings. The van der Waals surface area contributed by atoms with Crippen LogP contribution in [-0.2, 0) is 6.42 Å². The highest BCUT2D eigenvalue weighted by Gasteiger charge is 2.36. The van der Waals surface area contributed by atoms with Crippen molar-refractivity contribution in [1.82, 2.24) is 0 Å². The molecule has 0 bridgehead atoms. The molecule has 0 spiro atoms. The van der Waals surface area contributed by atoms with Crippen molar-refractivity contribution in [2.45, 2.75) is 58.4 Å². The van der Waals surface area contributed by atoms with Crippen molar-refractivity contribution in [3.05, 3.63) is 34.4 Å². The molecule has 1 aromatic carbocycles. The van der Waals surface area contributed by atoms with E-state index in [1.807, 2.05) is 0 Å². The van der Waals surface area contributed by atoms with Crippen LogP contribution in [0.25, 0.3) is 0 Å². The molecular formula is C15H23N. The van der Waals surface area contributed by atoms with Gasteiger partial charge in [-0.2, -0.15) is 0 Å². The molecular weight excluding hydrogens is 194 g/mol. The second-order valence-corrected chi connectivity index (χ2v) is 5.59. The number of rotatable bonds is 4. The first-order valence-electron chi connectivity index (χ1n) is 6.36. The lowest BCUT2D eigenvalue weighted by Crippen LogP contribution is -2.21. The molecule has 1 fully saturated rings. The van der Waals surface area contributed by atoms with Gasteiger partial charge in [0.1, 0.15) is 0 Å². The third-order valence-electron chi connectivity index (χ3n) is 3.83. The van der Waals surface area contributed by atoms with Crippen LogP contribution in [0.4, 0.5) is 0 Å². The van der Waals surface area contributed by atoms with Gasteiger partial charge in [-0.05, 0) is 69.6 Å². The zero-order valence-electron chi connectivity index (χ0n) is 10.8. The molecule has 1 heteroatoms. The Morgan fingerprint density at radius 3 is 2.19 bits per heavy atom. The summed E-state index contributed by atoms with van der Waals surface area (Å²) in [5.74, 6) is 0. The van der Waals surface area contributed by atoms with Gasteiger partial charge in [-0.1, -0.05) is 17.7 Å². The first kappa shape index (κ1) is 11.7. The van der Waals surface area contributed by atoms with Crippen molar-refractivity contribution in [2.75, 3.05) is 0 Å². The van der Waals surface area contributed by atoms with Crippen molar-refractivity contribution in [3.63, 3.8) is 0 Å². The van der Waals surface area contributed by atoms with Crippen LogP contribution in [0.1, 0.15) is 47.9 Å². The molecule has 0 radical (unpaired) electrons. The van der Waals surface area contributed by atoms with Crippen molar-refractivity contribution in [2.24, 2.45) is 5.73 Å². The Morgan fingerprint density at radius 2 is 1.69 bits per heavy atom. The van der Waals surface area contributed by atoms with Crippen molar-refractivity contribution >= 4 is 0 Å². The Hall–Kier alpha value is -0.820. The second kappa shape index (κ2) is 4.21. The largest absolute Gasteiger partial charge is 0.325 e. The van der Waals surface area contributed by atoms with Gasteiger partial charge in [0.05, 0.1) is 0 Å². The summed E-state index contributed by atoms with van der Waals surface area (Å²) in [4.78, 5) is 0. The molecule has 0 saturated heterocycles. The molecule has 0 heterocycles. The molecule has 1 nitrogen and oxygen atoms in total. The maximum absolute atomic E-state index is 6.11. The molecule has 2 N–H and O–H groups in total. The molecule has 1 aromatic rings. The maximum Gasteiger partial charge on any atom is 0.0155 e. The van der Waals surface area contributed by atoms with Crippen LogP contribution < -0.4 is 5.73 Å². The van der Waals surface area contributed by atoms with Gasteiger partial charge in [0.15, 0.2) is 0 Å². The molecule has 2 rings (SSSR count). The summed E-state index contributed by atoms with van der Waals surface area (Å²) in [7, 11) is 0. The molecule has 0 unspecified atom stereocenters. The van der Waals surface area contributed by atoms with Crippen molar-refractivity contribution in [1.29, 1.82) is 0 Å². The standard InChI is InChI=1S/C15H23N/c1-11-9-12(2)14(13(3)10-11)5-4-6-15(16)7-8-15/h9-10H,4-8,16H2,1-3H3. The zero-order chi connectivity index (χ0) is 11.8. The monoisotopic (exact) mass is 217 g/mol. The number of hydrogen-bond donors (Lipinski definition) is 1. The smallest absolute Gasteiger partial charge is 0.0155 e. The zero-order valence-corrected chi connectivity index (χ0v) is 10.8. The average molecular weight is 217 g/mol. The van der Waals surface area contributed by atoms with Crippen LogP contribution in [-0.4, -0.2) is 5.54 Å². The Bertz CT molecular complexity index is 365. The molecule has 1 saturated carbocycles. The second-order valence-electron chi connectivity index (χ2n) is 5.59. The van der Waals surface area contributed by atoms with Gasteiger partial charge in [0.2, 0.25) is 0 Å². The highest BCUT2D eigenvalue weighted by atomic mass is 14.8. The molecule has 0 atom stereocenters. The van der Waals surface area contributed by atoms with Gasteiger partial charge in [-0.3, -0.25) is 0 Å². The van der Waals surface area contributed by atoms with Gasteiger partial charge in [0.25, 0.3) is 0 Å². The van der Waals surface area contributed by atoms with Crippen LogP contribution in [0, 0.1) is 20.8 Å². The molecule has 0 aliphatic heterocycles.